The van der Waals surface area contributed by atoms with Gasteiger partial charge in [0, 0.05) is 0 Å². The van der Waals surface area contributed by atoms with Gasteiger partial charge in [-0.3, -0.25) is 0 Å². The first-order valence-electron chi connectivity index (χ1n) is 12.7. The molecular weight excluding hydrogens is 343 g/mol. The molecule has 162 valence electrons. The maximum absolute atomic E-state index is 3.97. The molecule has 0 rings (SSSR count). The van der Waals surface area contributed by atoms with E-state index in [9.17, 15) is 0 Å². The summed E-state index contributed by atoms with van der Waals surface area (Å²) in [6, 6.07) is 0. The third-order valence-corrected chi connectivity index (χ3v) is 7.30. The highest BCUT2D eigenvalue weighted by atomic mass is 31.1. The summed E-state index contributed by atoms with van der Waals surface area (Å²) in [6.07, 6.45) is 32.5. The second kappa shape index (κ2) is 24.2. The van der Waals surface area contributed by atoms with E-state index < -0.39 is 0 Å². The van der Waals surface area contributed by atoms with E-state index in [0.29, 0.717) is 0 Å². The minimum atomic E-state index is 0.920. The molecule has 0 fully saturated rings. The summed E-state index contributed by atoms with van der Waals surface area (Å²) in [5.74, 6) is 0.920. The second-order valence-corrected chi connectivity index (χ2v) is 10.2. The van der Waals surface area contributed by atoms with Crippen LogP contribution >= 0.6 is 8.58 Å². The zero-order chi connectivity index (χ0) is 19.8. The third kappa shape index (κ3) is 22.3. The van der Waals surface area contributed by atoms with E-state index in [4.69, 9.17) is 0 Å². The Morgan fingerprint density at radius 3 is 1.48 bits per heavy atom. The molecule has 0 saturated heterocycles. The van der Waals surface area contributed by atoms with E-state index in [2.05, 4.69) is 26.5 Å². The molecule has 0 amide bonds. The van der Waals surface area contributed by atoms with Crippen LogP contribution in [0.5, 0.6) is 0 Å². The van der Waals surface area contributed by atoms with Crippen LogP contribution in [-0.2, 0) is 0 Å². The Hall–Kier alpha value is 0.170. The molecule has 2 atom stereocenters. The first-order chi connectivity index (χ1) is 13.3. The normalized spacial score (nSPS) is 12.8. The lowest BCUT2D eigenvalue weighted by Gasteiger charge is -2.14. The molecular formula is C26H53P. The van der Waals surface area contributed by atoms with Crippen LogP contribution in [0.2, 0.25) is 0 Å². The summed E-state index contributed by atoms with van der Waals surface area (Å²) in [5.41, 5.74) is 0. The maximum Gasteiger partial charge on any atom is -0.0325 e. The van der Waals surface area contributed by atoms with Gasteiger partial charge in [-0.1, -0.05) is 123 Å². The van der Waals surface area contributed by atoms with Gasteiger partial charge in [-0.15, -0.1) is 15.2 Å². The molecule has 0 heterocycles. The van der Waals surface area contributed by atoms with E-state index in [-0.39, 0.29) is 0 Å². The van der Waals surface area contributed by atoms with Gasteiger partial charge in [0.1, 0.15) is 0 Å². The van der Waals surface area contributed by atoms with Crippen molar-refractivity contribution in [2.45, 2.75) is 136 Å². The molecule has 1 heteroatoms. The first-order valence-corrected chi connectivity index (χ1v) is 14.1. The first kappa shape index (κ1) is 27.2. The third-order valence-electron chi connectivity index (χ3n) is 5.89. The maximum atomic E-state index is 3.97. The predicted molar refractivity (Wildman–Crippen MR) is 131 cm³/mol. The van der Waals surface area contributed by atoms with Crippen molar-refractivity contribution in [1.82, 2.24) is 0 Å². The average molecular weight is 397 g/mol. The zero-order valence-corrected chi connectivity index (χ0v) is 20.2. The van der Waals surface area contributed by atoms with Gasteiger partial charge in [0.15, 0.2) is 0 Å². The lowest BCUT2D eigenvalue weighted by molar-refractivity contribution is 0.412. The molecule has 0 aliphatic heterocycles. The topological polar surface area (TPSA) is 0 Å². The Labute approximate surface area is 175 Å². The Morgan fingerprint density at radius 2 is 1.00 bits per heavy atom. The van der Waals surface area contributed by atoms with Crippen molar-refractivity contribution in [2.75, 3.05) is 12.3 Å². The minimum Gasteiger partial charge on any atom is -0.122 e. The molecule has 0 nitrogen and oxygen atoms in total. The summed E-state index contributed by atoms with van der Waals surface area (Å²) in [5, 5.41) is 0. The molecule has 0 bridgehead atoms. The van der Waals surface area contributed by atoms with Crippen LogP contribution in [0.1, 0.15) is 136 Å². The Kier molecular flexibility index (Phi) is 24.4. The number of rotatable bonds is 23. The van der Waals surface area contributed by atoms with Gasteiger partial charge in [0.25, 0.3) is 0 Å². The fourth-order valence-corrected chi connectivity index (χ4v) is 5.27. The number of hydrogen-bond donors (Lipinski definition) is 0. The summed E-state index contributed by atoms with van der Waals surface area (Å²) in [7, 11) is 1.23. The highest BCUT2D eigenvalue weighted by molar-refractivity contribution is 7.37. The van der Waals surface area contributed by atoms with Crippen LogP contribution in [0.15, 0.2) is 12.7 Å². The number of hydrogen-bond acceptors (Lipinski definition) is 0. The van der Waals surface area contributed by atoms with Gasteiger partial charge in [-0.25, -0.2) is 0 Å². The van der Waals surface area contributed by atoms with Gasteiger partial charge >= 0.3 is 0 Å². The molecule has 0 aromatic heterocycles. The summed E-state index contributed by atoms with van der Waals surface area (Å²) >= 11 is 0. The highest BCUT2D eigenvalue weighted by Crippen LogP contribution is 2.23. The van der Waals surface area contributed by atoms with E-state index in [1.165, 1.54) is 143 Å². The highest BCUT2D eigenvalue weighted by Gasteiger charge is 2.06. The fourth-order valence-electron chi connectivity index (χ4n) is 4.02. The molecule has 0 aromatic carbocycles. The fraction of sp³-hybridized carbons (Fsp3) is 0.923. The van der Waals surface area contributed by atoms with E-state index in [1.807, 2.05) is 0 Å². The molecule has 0 saturated carbocycles. The lowest BCUT2D eigenvalue weighted by atomic mass is 9.92. The molecule has 0 aliphatic carbocycles. The van der Waals surface area contributed by atoms with Crippen LogP contribution in [0.3, 0.4) is 0 Å². The van der Waals surface area contributed by atoms with Crippen molar-refractivity contribution in [1.29, 1.82) is 0 Å². The van der Waals surface area contributed by atoms with Crippen molar-refractivity contribution in [3.8, 4) is 0 Å². The number of allylic oxidation sites excluding steroid dienone is 1. The zero-order valence-electron chi connectivity index (χ0n) is 19.2. The van der Waals surface area contributed by atoms with Crippen molar-refractivity contribution >= 4 is 8.58 Å². The molecule has 2 unspecified atom stereocenters. The lowest BCUT2D eigenvalue weighted by Crippen LogP contribution is -2.00. The minimum absolute atomic E-state index is 0.920. The van der Waals surface area contributed by atoms with Crippen LogP contribution in [0.25, 0.3) is 0 Å². The molecule has 0 aliphatic rings. The number of unbranched alkanes of at least 4 members (excludes halogenated alkanes) is 13. The molecule has 0 radical (unpaired) electrons. The molecule has 0 N–H and O–H groups in total. The van der Waals surface area contributed by atoms with E-state index >= 15 is 0 Å². The van der Waals surface area contributed by atoms with Crippen LogP contribution in [0.4, 0.5) is 0 Å². The largest absolute Gasteiger partial charge is 0.122 e. The molecule has 0 spiro atoms. The Balaban J connectivity index is 3.28. The van der Waals surface area contributed by atoms with E-state index in [1.54, 1.807) is 0 Å². The van der Waals surface area contributed by atoms with Gasteiger partial charge in [-0.05, 0) is 37.5 Å². The Morgan fingerprint density at radius 1 is 0.593 bits per heavy atom. The van der Waals surface area contributed by atoms with Crippen LogP contribution in [-0.4, -0.2) is 12.3 Å². The van der Waals surface area contributed by atoms with Crippen molar-refractivity contribution in [3.05, 3.63) is 12.7 Å². The predicted octanol–water partition coefficient (Wildman–Crippen LogP) is 9.92. The van der Waals surface area contributed by atoms with Gasteiger partial charge in [-0.2, -0.15) is 0 Å². The summed E-state index contributed by atoms with van der Waals surface area (Å²) in [6.45, 7) is 8.57. The van der Waals surface area contributed by atoms with Gasteiger partial charge < -0.3 is 0 Å². The van der Waals surface area contributed by atoms with Crippen molar-refractivity contribution in [3.63, 3.8) is 0 Å². The van der Waals surface area contributed by atoms with Gasteiger partial charge in [0.05, 0.1) is 0 Å². The smallest absolute Gasteiger partial charge is 0.0325 e. The van der Waals surface area contributed by atoms with Crippen molar-refractivity contribution < 1.29 is 0 Å². The quantitative estimate of drug-likeness (QED) is 0.0915. The van der Waals surface area contributed by atoms with E-state index in [0.717, 1.165) is 5.92 Å². The summed E-state index contributed by atoms with van der Waals surface area (Å²) < 4.78 is 0. The summed E-state index contributed by atoms with van der Waals surface area (Å²) in [4.78, 5) is 0. The van der Waals surface area contributed by atoms with Gasteiger partial charge in [0.2, 0.25) is 0 Å². The second-order valence-electron chi connectivity index (χ2n) is 8.67. The SMILES string of the molecule is C=CCC(CCCCCC)CCCCCPCCCCCCCCCCC. The average Bonchev–Trinajstić information content (AvgIpc) is 2.68. The monoisotopic (exact) mass is 396 g/mol. The van der Waals surface area contributed by atoms with Crippen molar-refractivity contribution in [2.24, 2.45) is 5.92 Å². The molecule has 27 heavy (non-hydrogen) atoms. The van der Waals surface area contributed by atoms with Crippen LogP contribution < -0.4 is 0 Å². The standard InChI is InChI=1S/C26H53P/c1-4-7-9-11-12-13-14-15-19-24-27-25-20-16-18-23-26(21-6-3)22-17-10-8-5-2/h6,26-27H,3-5,7-25H2,1-2H3. The molecule has 0 aromatic rings. The van der Waals surface area contributed by atoms with Crippen LogP contribution in [0, 0.1) is 5.92 Å². The Bertz CT molecular complexity index is 273.